The van der Waals surface area contributed by atoms with Gasteiger partial charge in [0.2, 0.25) is 5.95 Å². The van der Waals surface area contributed by atoms with E-state index in [1.165, 1.54) is 6.20 Å². The molecule has 2 aromatic rings. The molecule has 0 spiro atoms. The number of hydrogen-bond acceptors (Lipinski definition) is 4. The molecule has 0 aliphatic heterocycles. The molecule has 0 saturated heterocycles. The lowest BCUT2D eigenvalue weighted by molar-refractivity contribution is 0.102. The summed E-state index contributed by atoms with van der Waals surface area (Å²) in [6, 6.07) is 8.45. The first kappa shape index (κ1) is 14.0. The molecule has 2 rings (SSSR count). The maximum Gasteiger partial charge on any atom is 0.274 e. The molecule has 0 atom stereocenters. The zero-order valence-corrected chi connectivity index (χ0v) is 11.4. The van der Waals surface area contributed by atoms with Crippen LogP contribution in [0.5, 0.6) is 0 Å². The minimum Gasteiger partial charge on any atom is -0.351 e. The maximum atomic E-state index is 12.1. The number of nitrogens with one attached hydrogen (secondary N) is 2. The first-order chi connectivity index (χ1) is 9.69. The molecule has 2 N–H and O–H groups in total. The number of rotatable bonds is 5. The molecule has 20 heavy (non-hydrogen) atoms. The van der Waals surface area contributed by atoms with Crippen LogP contribution in [0.2, 0.25) is 5.02 Å². The van der Waals surface area contributed by atoms with Crippen molar-refractivity contribution in [2.75, 3.05) is 17.2 Å². The van der Waals surface area contributed by atoms with Crippen molar-refractivity contribution in [1.29, 1.82) is 0 Å². The number of aromatic nitrogens is 2. The number of benzene rings is 1. The van der Waals surface area contributed by atoms with Gasteiger partial charge < -0.3 is 10.6 Å². The van der Waals surface area contributed by atoms with E-state index in [1.54, 1.807) is 36.4 Å². The zero-order chi connectivity index (χ0) is 14.4. The highest BCUT2D eigenvalue weighted by molar-refractivity contribution is 6.30. The van der Waals surface area contributed by atoms with Crippen molar-refractivity contribution in [3.8, 4) is 0 Å². The van der Waals surface area contributed by atoms with Crippen LogP contribution in [-0.2, 0) is 0 Å². The summed E-state index contributed by atoms with van der Waals surface area (Å²) in [5, 5.41) is 6.20. The summed E-state index contributed by atoms with van der Waals surface area (Å²) < 4.78 is 0. The van der Waals surface area contributed by atoms with Gasteiger partial charge in [-0.15, -0.1) is 6.58 Å². The zero-order valence-electron chi connectivity index (χ0n) is 10.6. The molecule has 1 aromatic carbocycles. The Morgan fingerprint density at radius 2 is 2.25 bits per heavy atom. The number of carbonyl (C=O) groups excluding carboxylic acids is 1. The summed E-state index contributed by atoms with van der Waals surface area (Å²) in [6.07, 6.45) is 3.20. The third kappa shape index (κ3) is 3.80. The van der Waals surface area contributed by atoms with Crippen molar-refractivity contribution in [2.24, 2.45) is 0 Å². The Hall–Kier alpha value is -2.40. The van der Waals surface area contributed by atoms with E-state index < -0.39 is 0 Å². The molecule has 1 amide bonds. The molecule has 6 heteroatoms. The average molecular weight is 289 g/mol. The van der Waals surface area contributed by atoms with Gasteiger partial charge >= 0.3 is 0 Å². The van der Waals surface area contributed by atoms with Gasteiger partial charge in [-0.25, -0.2) is 9.97 Å². The van der Waals surface area contributed by atoms with Crippen molar-refractivity contribution >= 4 is 29.1 Å². The van der Waals surface area contributed by atoms with E-state index in [2.05, 4.69) is 27.2 Å². The molecule has 0 unspecified atom stereocenters. The van der Waals surface area contributed by atoms with Crippen LogP contribution in [0.3, 0.4) is 0 Å². The van der Waals surface area contributed by atoms with E-state index >= 15 is 0 Å². The van der Waals surface area contributed by atoms with E-state index in [0.29, 0.717) is 23.2 Å². The standard InChI is InChI=1S/C14H13ClN4O/c1-2-7-16-14-17-8-6-12(19-14)13(20)18-11-5-3-4-10(15)9-11/h2-6,8-9H,1,7H2,(H,18,20)(H,16,17,19). The molecule has 0 saturated carbocycles. The van der Waals surface area contributed by atoms with Gasteiger partial charge in [-0.05, 0) is 24.3 Å². The number of nitrogens with zero attached hydrogens (tertiary/aromatic N) is 2. The number of hydrogen-bond donors (Lipinski definition) is 2. The highest BCUT2D eigenvalue weighted by Gasteiger charge is 2.09. The first-order valence-electron chi connectivity index (χ1n) is 5.94. The fraction of sp³-hybridized carbons (Fsp3) is 0.0714. The average Bonchev–Trinajstić information content (AvgIpc) is 2.45. The molecule has 102 valence electrons. The monoisotopic (exact) mass is 288 g/mol. The second kappa shape index (κ2) is 6.68. The van der Waals surface area contributed by atoms with Crippen LogP contribution in [0.15, 0.2) is 49.2 Å². The fourth-order valence-corrected chi connectivity index (χ4v) is 1.69. The quantitative estimate of drug-likeness (QED) is 0.830. The summed E-state index contributed by atoms with van der Waals surface area (Å²) in [6.45, 7) is 4.11. The molecular formula is C14H13ClN4O. The van der Waals surface area contributed by atoms with E-state index in [9.17, 15) is 4.79 Å². The summed E-state index contributed by atoms with van der Waals surface area (Å²) >= 11 is 5.86. The summed E-state index contributed by atoms with van der Waals surface area (Å²) in [4.78, 5) is 20.2. The molecular weight excluding hydrogens is 276 g/mol. The molecule has 0 bridgehead atoms. The molecule has 0 radical (unpaired) electrons. The topological polar surface area (TPSA) is 66.9 Å². The van der Waals surface area contributed by atoms with Crippen LogP contribution in [0.4, 0.5) is 11.6 Å². The number of halogens is 1. The largest absolute Gasteiger partial charge is 0.351 e. The van der Waals surface area contributed by atoms with Crippen LogP contribution in [-0.4, -0.2) is 22.4 Å². The maximum absolute atomic E-state index is 12.1. The molecule has 5 nitrogen and oxygen atoms in total. The summed E-state index contributed by atoms with van der Waals surface area (Å²) in [5.74, 6) is 0.0555. The van der Waals surface area contributed by atoms with Crippen LogP contribution >= 0.6 is 11.6 Å². The summed E-state index contributed by atoms with van der Waals surface area (Å²) in [5.41, 5.74) is 0.883. The van der Waals surface area contributed by atoms with Crippen molar-refractivity contribution in [1.82, 2.24) is 9.97 Å². The summed E-state index contributed by atoms with van der Waals surface area (Å²) in [7, 11) is 0. The van der Waals surface area contributed by atoms with Gasteiger partial charge in [0.1, 0.15) is 5.69 Å². The first-order valence-corrected chi connectivity index (χ1v) is 6.31. The third-order valence-electron chi connectivity index (χ3n) is 2.38. The van der Waals surface area contributed by atoms with Gasteiger partial charge in [-0.1, -0.05) is 23.7 Å². The molecule has 1 aromatic heterocycles. The predicted octanol–water partition coefficient (Wildman–Crippen LogP) is 2.98. The van der Waals surface area contributed by atoms with Crippen LogP contribution < -0.4 is 10.6 Å². The number of anilines is 2. The van der Waals surface area contributed by atoms with E-state index in [0.717, 1.165) is 0 Å². The molecule has 0 aliphatic carbocycles. The highest BCUT2D eigenvalue weighted by Crippen LogP contribution is 2.15. The van der Waals surface area contributed by atoms with Crippen LogP contribution in [0, 0.1) is 0 Å². The molecule has 0 aliphatic rings. The normalized spacial score (nSPS) is 9.85. The van der Waals surface area contributed by atoms with Gasteiger partial charge in [0, 0.05) is 23.5 Å². The molecule has 1 heterocycles. The Morgan fingerprint density at radius 3 is 3.00 bits per heavy atom. The van der Waals surface area contributed by atoms with E-state index in [4.69, 9.17) is 11.6 Å². The lowest BCUT2D eigenvalue weighted by Crippen LogP contribution is -2.15. The van der Waals surface area contributed by atoms with Crippen LogP contribution in [0.25, 0.3) is 0 Å². The Morgan fingerprint density at radius 1 is 1.40 bits per heavy atom. The second-order valence-corrected chi connectivity index (χ2v) is 4.34. The Bertz CT molecular complexity index is 630. The van der Waals surface area contributed by atoms with Gasteiger partial charge in [-0.2, -0.15) is 0 Å². The minimum absolute atomic E-state index is 0.270. The SMILES string of the molecule is C=CCNc1nccc(C(=O)Nc2cccc(Cl)c2)n1. The van der Waals surface area contributed by atoms with E-state index in [1.807, 2.05) is 0 Å². The fourth-order valence-electron chi connectivity index (χ4n) is 1.50. The second-order valence-electron chi connectivity index (χ2n) is 3.90. The Kier molecular flexibility index (Phi) is 4.68. The van der Waals surface area contributed by atoms with Gasteiger partial charge in [0.05, 0.1) is 0 Å². The van der Waals surface area contributed by atoms with Gasteiger partial charge in [0.25, 0.3) is 5.91 Å². The lowest BCUT2D eigenvalue weighted by Gasteiger charge is -2.06. The van der Waals surface area contributed by atoms with Gasteiger partial charge in [0.15, 0.2) is 0 Å². The lowest BCUT2D eigenvalue weighted by atomic mass is 10.3. The highest BCUT2D eigenvalue weighted by atomic mass is 35.5. The number of carbonyl (C=O) groups is 1. The smallest absolute Gasteiger partial charge is 0.274 e. The van der Waals surface area contributed by atoms with Crippen molar-refractivity contribution < 1.29 is 4.79 Å². The van der Waals surface area contributed by atoms with Crippen molar-refractivity contribution in [2.45, 2.75) is 0 Å². The molecule has 0 fully saturated rings. The third-order valence-corrected chi connectivity index (χ3v) is 2.61. The Labute approximate surface area is 121 Å². The Balaban J connectivity index is 2.10. The van der Waals surface area contributed by atoms with E-state index in [-0.39, 0.29) is 11.6 Å². The van der Waals surface area contributed by atoms with Crippen molar-refractivity contribution in [3.05, 3.63) is 59.9 Å². The minimum atomic E-state index is -0.323. The predicted molar refractivity (Wildman–Crippen MR) is 80.1 cm³/mol. The number of amides is 1. The van der Waals surface area contributed by atoms with Crippen LogP contribution in [0.1, 0.15) is 10.5 Å². The van der Waals surface area contributed by atoms with Crippen molar-refractivity contribution in [3.63, 3.8) is 0 Å². The van der Waals surface area contributed by atoms with Gasteiger partial charge in [-0.3, -0.25) is 4.79 Å².